The zero-order valence-electron chi connectivity index (χ0n) is 17.6. The third kappa shape index (κ3) is 5.30. The highest BCUT2D eigenvalue weighted by Crippen LogP contribution is 2.25. The Hall–Kier alpha value is -2.60. The van der Waals surface area contributed by atoms with Gasteiger partial charge in [-0.15, -0.1) is 0 Å². The summed E-state index contributed by atoms with van der Waals surface area (Å²) in [5, 5.41) is 10.0. The molecule has 1 atom stereocenters. The lowest BCUT2D eigenvalue weighted by molar-refractivity contribution is -0.131. The Morgan fingerprint density at radius 3 is 2.60 bits per heavy atom. The Bertz CT molecular complexity index is 821. The van der Waals surface area contributed by atoms with E-state index in [1.165, 1.54) is 6.42 Å². The van der Waals surface area contributed by atoms with Crippen molar-refractivity contribution in [3.63, 3.8) is 0 Å². The van der Waals surface area contributed by atoms with Gasteiger partial charge < -0.3 is 14.9 Å². The van der Waals surface area contributed by atoms with Crippen LogP contribution in [-0.4, -0.2) is 65.1 Å². The van der Waals surface area contributed by atoms with Crippen LogP contribution in [0.2, 0.25) is 0 Å². The van der Waals surface area contributed by atoms with Crippen LogP contribution in [0.1, 0.15) is 31.2 Å². The van der Waals surface area contributed by atoms with Gasteiger partial charge in [0.15, 0.2) is 0 Å². The molecule has 2 fully saturated rings. The van der Waals surface area contributed by atoms with Crippen molar-refractivity contribution in [1.29, 1.82) is 0 Å². The Kier molecular flexibility index (Phi) is 6.84. The Morgan fingerprint density at radius 1 is 1.03 bits per heavy atom. The number of pyridine rings is 1. The third-order valence-electron chi connectivity index (χ3n) is 6.36. The third-order valence-corrected chi connectivity index (χ3v) is 6.36. The maximum Gasteiger partial charge on any atom is 0.222 e. The van der Waals surface area contributed by atoms with Crippen molar-refractivity contribution in [1.82, 2.24) is 14.8 Å². The number of aromatic hydroxyl groups is 1. The second-order valence-electron chi connectivity index (χ2n) is 8.47. The van der Waals surface area contributed by atoms with Crippen LogP contribution in [0.5, 0.6) is 5.75 Å². The van der Waals surface area contributed by atoms with Gasteiger partial charge in [-0.2, -0.15) is 0 Å². The largest absolute Gasteiger partial charge is 0.508 e. The van der Waals surface area contributed by atoms with Crippen LogP contribution in [0.25, 0.3) is 0 Å². The Morgan fingerprint density at radius 2 is 1.83 bits per heavy atom. The number of phenols is 1. The van der Waals surface area contributed by atoms with Crippen molar-refractivity contribution in [2.45, 2.75) is 32.2 Å². The highest BCUT2D eigenvalue weighted by Gasteiger charge is 2.25. The number of piperazine rings is 1. The van der Waals surface area contributed by atoms with E-state index in [2.05, 4.69) is 14.8 Å². The van der Waals surface area contributed by atoms with Gasteiger partial charge in [0.05, 0.1) is 0 Å². The fraction of sp³-hybridized carbons (Fsp3) is 0.500. The summed E-state index contributed by atoms with van der Waals surface area (Å²) in [5.41, 5.74) is 0.986. The molecular formula is C24H32N4O2. The summed E-state index contributed by atoms with van der Waals surface area (Å²) in [7, 11) is 0. The summed E-state index contributed by atoms with van der Waals surface area (Å²) >= 11 is 0. The molecule has 3 heterocycles. The van der Waals surface area contributed by atoms with E-state index >= 15 is 0 Å². The van der Waals surface area contributed by atoms with Crippen LogP contribution in [-0.2, 0) is 11.3 Å². The predicted octanol–water partition coefficient (Wildman–Crippen LogP) is 3.13. The zero-order valence-corrected chi connectivity index (χ0v) is 17.6. The van der Waals surface area contributed by atoms with Crippen LogP contribution >= 0.6 is 0 Å². The van der Waals surface area contributed by atoms with Crippen molar-refractivity contribution >= 4 is 11.7 Å². The molecule has 2 aliphatic heterocycles. The summed E-state index contributed by atoms with van der Waals surface area (Å²) in [4.78, 5) is 23.8. The Labute approximate surface area is 179 Å². The topological polar surface area (TPSA) is 59.9 Å². The minimum atomic E-state index is 0.286. The molecule has 30 heavy (non-hydrogen) atoms. The van der Waals surface area contributed by atoms with Gasteiger partial charge in [-0.05, 0) is 49.9 Å². The van der Waals surface area contributed by atoms with Gasteiger partial charge >= 0.3 is 0 Å². The van der Waals surface area contributed by atoms with Gasteiger partial charge in [0.25, 0.3) is 0 Å². The number of anilines is 1. The van der Waals surface area contributed by atoms with E-state index in [0.29, 0.717) is 18.1 Å². The average molecular weight is 409 g/mol. The van der Waals surface area contributed by atoms with Gasteiger partial charge in [-0.1, -0.05) is 24.3 Å². The molecule has 0 radical (unpaired) electrons. The molecule has 4 rings (SSSR count). The summed E-state index contributed by atoms with van der Waals surface area (Å²) in [6.45, 7) is 6.11. The number of piperidine rings is 1. The van der Waals surface area contributed by atoms with Crippen LogP contribution in [0.3, 0.4) is 0 Å². The van der Waals surface area contributed by atoms with Gasteiger partial charge in [0.2, 0.25) is 5.91 Å². The van der Waals surface area contributed by atoms with Gasteiger partial charge in [-0.25, -0.2) is 4.98 Å². The van der Waals surface area contributed by atoms with Gasteiger partial charge in [0.1, 0.15) is 11.6 Å². The smallest absolute Gasteiger partial charge is 0.222 e. The quantitative estimate of drug-likeness (QED) is 0.796. The van der Waals surface area contributed by atoms with E-state index in [0.717, 1.165) is 70.0 Å². The molecule has 2 saturated heterocycles. The van der Waals surface area contributed by atoms with E-state index in [1.54, 1.807) is 6.07 Å². The molecule has 1 aromatic carbocycles. The number of hydrogen-bond acceptors (Lipinski definition) is 5. The number of nitrogens with zero attached hydrogens (tertiary/aromatic N) is 4. The van der Waals surface area contributed by atoms with Crippen molar-refractivity contribution in [3.05, 3.63) is 54.2 Å². The zero-order chi connectivity index (χ0) is 20.8. The van der Waals surface area contributed by atoms with Crippen molar-refractivity contribution in [2.24, 2.45) is 5.92 Å². The van der Waals surface area contributed by atoms with Crippen LogP contribution in [0.15, 0.2) is 48.7 Å². The van der Waals surface area contributed by atoms with Crippen LogP contribution in [0, 0.1) is 5.92 Å². The normalized spacial score (nSPS) is 20.3. The molecule has 2 aliphatic rings. The first-order chi connectivity index (χ1) is 14.7. The lowest BCUT2D eigenvalue weighted by Gasteiger charge is -2.36. The lowest BCUT2D eigenvalue weighted by atomic mass is 9.92. The number of hydrogen-bond donors (Lipinski definition) is 1. The number of benzene rings is 1. The van der Waals surface area contributed by atoms with E-state index < -0.39 is 0 Å². The van der Waals surface area contributed by atoms with Crippen molar-refractivity contribution < 1.29 is 9.90 Å². The minimum absolute atomic E-state index is 0.286. The highest BCUT2D eigenvalue weighted by atomic mass is 16.3. The molecule has 1 amide bonds. The second-order valence-corrected chi connectivity index (χ2v) is 8.47. The standard InChI is InChI=1S/C24H32N4O2/c29-22-8-2-1-7-21(22)19-26-13-5-6-20(18-26)10-11-24(30)28-16-14-27(15-17-28)23-9-3-4-12-25-23/h1-4,7-9,12,20,29H,5-6,10-11,13-19H2. The van der Waals surface area contributed by atoms with E-state index in [4.69, 9.17) is 0 Å². The number of para-hydroxylation sites is 1. The van der Waals surface area contributed by atoms with E-state index in [-0.39, 0.29) is 5.91 Å². The SMILES string of the molecule is O=C(CCC1CCCN(Cc2ccccc2O)C1)N1CCN(c2ccccn2)CC1. The van der Waals surface area contributed by atoms with Crippen LogP contribution < -0.4 is 4.90 Å². The first-order valence-corrected chi connectivity index (χ1v) is 11.1. The number of amides is 1. The molecule has 2 aromatic rings. The predicted molar refractivity (Wildman–Crippen MR) is 118 cm³/mol. The number of carbonyl (C=O) groups is 1. The lowest BCUT2D eigenvalue weighted by Crippen LogP contribution is -2.49. The molecule has 1 aromatic heterocycles. The molecule has 0 saturated carbocycles. The number of carbonyl (C=O) groups excluding carboxylic acids is 1. The number of likely N-dealkylation sites (tertiary alicyclic amines) is 1. The second kappa shape index (κ2) is 9.94. The average Bonchev–Trinajstić information content (AvgIpc) is 2.80. The van der Waals surface area contributed by atoms with Crippen molar-refractivity contribution in [3.8, 4) is 5.75 Å². The molecule has 0 spiro atoms. The highest BCUT2D eigenvalue weighted by molar-refractivity contribution is 5.76. The summed E-state index contributed by atoms with van der Waals surface area (Å²) < 4.78 is 0. The van der Waals surface area contributed by atoms with Crippen molar-refractivity contribution in [2.75, 3.05) is 44.2 Å². The monoisotopic (exact) mass is 408 g/mol. The summed E-state index contributed by atoms with van der Waals surface area (Å²) in [5.74, 6) is 2.22. The summed E-state index contributed by atoms with van der Waals surface area (Å²) in [6.07, 6.45) is 5.77. The number of aromatic nitrogens is 1. The molecular weight excluding hydrogens is 376 g/mol. The molecule has 6 nitrogen and oxygen atoms in total. The number of rotatable bonds is 6. The minimum Gasteiger partial charge on any atom is -0.508 e. The van der Waals surface area contributed by atoms with E-state index in [9.17, 15) is 9.90 Å². The summed E-state index contributed by atoms with van der Waals surface area (Å²) in [6, 6.07) is 13.5. The van der Waals surface area contributed by atoms with Gasteiger partial charge in [0, 0.05) is 57.4 Å². The molecule has 160 valence electrons. The molecule has 0 bridgehead atoms. The molecule has 1 N–H and O–H groups in total. The first kappa shape index (κ1) is 20.7. The maximum absolute atomic E-state index is 12.7. The maximum atomic E-state index is 12.7. The first-order valence-electron chi connectivity index (χ1n) is 11.1. The molecule has 1 unspecified atom stereocenters. The fourth-order valence-corrected chi connectivity index (χ4v) is 4.63. The van der Waals surface area contributed by atoms with Crippen LogP contribution in [0.4, 0.5) is 5.82 Å². The Balaban J connectivity index is 1.21. The number of phenolic OH excluding ortho intramolecular Hbond substituents is 1. The van der Waals surface area contributed by atoms with E-state index in [1.807, 2.05) is 47.5 Å². The molecule has 0 aliphatic carbocycles. The fourth-order valence-electron chi connectivity index (χ4n) is 4.63. The van der Waals surface area contributed by atoms with Gasteiger partial charge in [-0.3, -0.25) is 9.69 Å². The molecule has 6 heteroatoms.